The fraction of sp³-hybridized carbons (Fsp3) is 0.393. The molecule has 0 saturated carbocycles. The van der Waals surface area contributed by atoms with Gasteiger partial charge in [0.2, 0.25) is 5.52 Å². The zero-order valence-corrected chi connectivity index (χ0v) is 23.5. The first-order valence-corrected chi connectivity index (χ1v) is 14.4. The first kappa shape index (κ1) is 29.3. The number of allylic oxidation sites excluding steroid dienone is 2. The number of methoxy groups -OCH3 is 1. The van der Waals surface area contributed by atoms with Crippen LogP contribution in [0.1, 0.15) is 5.01 Å². The van der Waals surface area contributed by atoms with Gasteiger partial charge in [-0.3, -0.25) is 0 Å². The summed E-state index contributed by atoms with van der Waals surface area (Å²) in [5.74, 6) is 1.47. The van der Waals surface area contributed by atoms with Crippen LogP contribution in [0.5, 0.6) is 11.5 Å². The standard InChI is InChI=1S/C28H34FN2O6S2/c1-34-21-5-7-25-23(19-21)30(10-9-29)27(38-25)3-2-4-28-31(11-12-32)24-20-22(6-8-26(24)39-28)37-18-17-36-16-15-35-14-13-33/h2-8,19-20,32-33H,9-18H2,1H3/q+1. The van der Waals surface area contributed by atoms with Crippen LogP contribution in [0.25, 0.3) is 16.3 Å². The normalized spacial score (nSPS) is 14.2. The molecule has 0 aliphatic carbocycles. The second-order valence-corrected chi connectivity index (χ2v) is 10.5. The van der Waals surface area contributed by atoms with Gasteiger partial charge in [-0.05, 0) is 30.3 Å². The van der Waals surface area contributed by atoms with Crippen LogP contribution >= 0.6 is 23.1 Å². The summed E-state index contributed by atoms with van der Waals surface area (Å²) >= 11 is 3.23. The maximum atomic E-state index is 13.4. The van der Waals surface area contributed by atoms with Crippen molar-refractivity contribution >= 4 is 45.1 Å². The molecule has 39 heavy (non-hydrogen) atoms. The number of benzene rings is 2. The van der Waals surface area contributed by atoms with Gasteiger partial charge in [-0.2, -0.15) is 4.57 Å². The van der Waals surface area contributed by atoms with E-state index >= 15 is 0 Å². The fourth-order valence-electron chi connectivity index (χ4n) is 4.09. The van der Waals surface area contributed by atoms with E-state index in [1.165, 1.54) is 0 Å². The largest absolute Gasteiger partial charge is 0.497 e. The Kier molecular flexibility index (Phi) is 11.4. The zero-order valence-electron chi connectivity index (χ0n) is 21.9. The lowest BCUT2D eigenvalue weighted by molar-refractivity contribution is -0.670. The van der Waals surface area contributed by atoms with Gasteiger partial charge in [0.05, 0.1) is 63.5 Å². The molecule has 1 aliphatic rings. The van der Waals surface area contributed by atoms with E-state index in [1.54, 1.807) is 30.2 Å². The van der Waals surface area contributed by atoms with Crippen LogP contribution in [0, 0.1) is 0 Å². The van der Waals surface area contributed by atoms with Crippen molar-refractivity contribution in [1.29, 1.82) is 0 Å². The number of rotatable bonds is 16. The number of halogens is 1. The number of aromatic nitrogens is 1. The summed E-state index contributed by atoms with van der Waals surface area (Å²) in [6.45, 7) is 2.29. The van der Waals surface area contributed by atoms with Crippen molar-refractivity contribution in [2.24, 2.45) is 0 Å². The Balaban J connectivity index is 1.45. The Bertz CT molecular complexity index is 1280. The molecule has 0 amide bonds. The van der Waals surface area contributed by atoms with Crippen LogP contribution in [0.2, 0.25) is 0 Å². The molecular formula is C28H34FN2O6S2+. The molecule has 4 rings (SSSR count). The average Bonchev–Trinajstić information content (AvgIpc) is 3.47. The van der Waals surface area contributed by atoms with Crippen molar-refractivity contribution in [2.45, 2.75) is 11.4 Å². The van der Waals surface area contributed by atoms with Crippen molar-refractivity contribution in [3.05, 3.63) is 58.6 Å². The molecule has 0 unspecified atom stereocenters. The van der Waals surface area contributed by atoms with E-state index in [1.807, 2.05) is 59.5 Å². The van der Waals surface area contributed by atoms with Gasteiger partial charge < -0.3 is 34.1 Å². The number of ether oxygens (including phenoxy) is 4. The Labute approximate surface area is 235 Å². The minimum absolute atomic E-state index is 0.00261. The number of thioether (sulfide) groups is 1. The van der Waals surface area contributed by atoms with Gasteiger partial charge in [0.25, 0.3) is 5.01 Å². The molecule has 210 valence electrons. The SMILES string of the molecule is COc1ccc2c(c1)N(CCF)/C(=C/C=C/c1sc3ccc(OCCOCCOCCO)cc3[n+]1CCO)S2. The van der Waals surface area contributed by atoms with E-state index in [0.717, 1.165) is 42.3 Å². The topological polar surface area (TPSA) is 84.5 Å². The van der Waals surface area contributed by atoms with Crippen LogP contribution in [0.3, 0.4) is 0 Å². The smallest absolute Gasteiger partial charge is 0.262 e. The zero-order chi connectivity index (χ0) is 27.5. The number of hydrogen-bond acceptors (Lipinski definition) is 9. The molecular weight excluding hydrogens is 543 g/mol. The number of anilines is 1. The third-order valence-corrected chi connectivity index (χ3v) is 8.11. The van der Waals surface area contributed by atoms with Crippen LogP contribution < -0.4 is 18.9 Å². The maximum absolute atomic E-state index is 13.4. The number of thiazole rings is 1. The van der Waals surface area contributed by atoms with Gasteiger partial charge in [-0.1, -0.05) is 29.2 Å². The number of hydrogen-bond donors (Lipinski definition) is 2. The number of aliphatic hydroxyl groups excluding tert-OH is 2. The van der Waals surface area contributed by atoms with Crippen molar-refractivity contribution in [3.63, 3.8) is 0 Å². The van der Waals surface area contributed by atoms with Gasteiger partial charge in [0.1, 0.15) is 36.1 Å². The predicted molar refractivity (Wildman–Crippen MR) is 153 cm³/mol. The van der Waals surface area contributed by atoms with Crippen molar-refractivity contribution < 1.29 is 38.1 Å². The first-order valence-electron chi connectivity index (χ1n) is 12.7. The Morgan fingerprint density at radius 1 is 0.974 bits per heavy atom. The number of alkyl halides is 1. The molecule has 0 atom stereocenters. The highest BCUT2D eigenvalue weighted by molar-refractivity contribution is 8.03. The van der Waals surface area contributed by atoms with Crippen LogP contribution in [-0.2, 0) is 16.0 Å². The van der Waals surface area contributed by atoms with Gasteiger partial charge >= 0.3 is 0 Å². The Hall–Kier alpha value is -2.67. The fourth-order valence-corrected chi connectivity index (χ4v) is 6.25. The third-order valence-electron chi connectivity index (χ3n) is 5.85. The summed E-state index contributed by atoms with van der Waals surface area (Å²) in [7, 11) is 1.62. The van der Waals surface area contributed by atoms with E-state index in [9.17, 15) is 9.50 Å². The highest BCUT2D eigenvalue weighted by Gasteiger charge is 2.25. The van der Waals surface area contributed by atoms with Gasteiger partial charge in [0.15, 0.2) is 6.54 Å². The molecule has 2 aromatic carbocycles. The number of nitrogens with zero attached hydrogens (tertiary/aromatic N) is 2. The summed E-state index contributed by atoms with van der Waals surface area (Å²) in [6, 6.07) is 11.8. The first-order chi connectivity index (χ1) is 19.2. The Morgan fingerprint density at radius 2 is 1.77 bits per heavy atom. The molecule has 0 saturated heterocycles. The van der Waals surface area contributed by atoms with Gasteiger partial charge in [0, 0.05) is 17.0 Å². The number of fused-ring (bicyclic) bond motifs is 2. The van der Waals surface area contributed by atoms with Crippen molar-refractivity contribution in [1.82, 2.24) is 0 Å². The molecule has 0 fully saturated rings. The molecule has 0 spiro atoms. The van der Waals surface area contributed by atoms with E-state index in [0.29, 0.717) is 39.6 Å². The summed E-state index contributed by atoms with van der Waals surface area (Å²) < 4.78 is 38.4. The third kappa shape index (κ3) is 7.71. The summed E-state index contributed by atoms with van der Waals surface area (Å²) in [4.78, 5) is 3.03. The quantitative estimate of drug-likeness (QED) is 0.195. The average molecular weight is 578 g/mol. The lowest BCUT2D eigenvalue weighted by Crippen LogP contribution is -2.36. The molecule has 1 aromatic heterocycles. The highest BCUT2D eigenvalue weighted by Crippen LogP contribution is 2.47. The van der Waals surface area contributed by atoms with E-state index < -0.39 is 6.67 Å². The van der Waals surface area contributed by atoms with Crippen molar-refractivity contribution in [2.75, 3.05) is 71.5 Å². The monoisotopic (exact) mass is 577 g/mol. The van der Waals surface area contributed by atoms with Crippen molar-refractivity contribution in [3.8, 4) is 11.5 Å². The predicted octanol–water partition coefficient (Wildman–Crippen LogP) is 4.03. The van der Waals surface area contributed by atoms with Crippen LogP contribution in [0.4, 0.5) is 10.1 Å². The summed E-state index contributed by atoms with van der Waals surface area (Å²) in [5, 5.41) is 20.4. The lowest BCUT2D eigenvalue weighted by Gasteiger charge is -2.18. The summed E-state index contributed by atoms with van der Waals surface area (Å²) in [6.07, 6.45) is 5.97. The highest BCUT2D eigenvalue weighted by atomic mass is 32.2. The molecule has 2 N–H and O–H groups in total. The Morgan fingerprint density at radius 3 is 2.54 bits per heavy atom. The van der Waals surface area contributed by atoms with E-state index in [-0.39, 0.29) is 19.8 Å². The molecule has 0 bridgehead atoms. The molecule has 11 heteroatoms. The molecule has 8 nitrogen and oxygen atoms in total. The lowest BCUT2D eigenvalue weighted by atomic mass is 10.2. The number of aliphatic hydroxyl groups is 2. The maximum Gasteiger partial charge on any atom is 0.262 e. The second-order valence-electron chi connectivity index (χ2n) is 8.38. The molecule has 0 radical (unpaired) electrons. The van der Waals surface area contributed by atoms with Crippen LogP contribution in [0.15, 0.2) is 58.5 Å². The molecule has 3 aromatic rings. The van der Waals surface area contributed by atoms with E-state index in [2.05, 4.69) is 4.57 Å². The second kappa shape index (κ2) is 15.2. The minimum Gasteiger partial charge on any atom is -0.497 e. The molecule has 2 heterocycles. The van der Waals surface area contributed by atoms with Gasteiger partial charge in [-0.25, -0.2) is 4.39 Å². The minimum atomic E-state index is -0.458. The van der Waals surface area contributed by atoms with Crippen LogP contribution in [-0.4, -0.2) is 76.8 Å². The van der Waals surface area contributed by atoms with E-state index in [4.69, 9.17) is 24.1 Å². The van der Waals surface area contributed by atoms with Gasteiger partial charge in [-0.15, -0.1) is 0 Å². The molecule has 1 aliphatic heterocycles. The summed E-state index contributed by atoms with van der Waals surface area (Å²) in [5.41, 5.74) is 1.92.